The number of carbonyl (C=O) groups is 2. The van der Waals surface area contributed by atoms with E-state index in [9.17, 15) is 14.0 Å². The Kier molecular flexibility index (Phi) is 4.65. The molecule has 28 heavy (non-hydrogen) atoms. The Bertz CT molecular complexity index is 1040. The van der Waals surface area contributed by atoms with Crippen molar-refractivity contribution in [2.45, 2.75) is 19.8 Å². The van der Waals surface area contributed by atoms with Crippen molar-refractivity contribution in [2.75, 3.05) is 16.8 Å². The number of hydrogen-bond acceptors (Lipinski definition) is 3. The highest BCUT2D eigenvalue weighted by atomic mass is 19.1. The number of anilines is 2. The second-order valence-electron chi connectivity index (χ2n) is 6.65. The average Bonchev–Trinajstić information content (AvgIpc) is 3.28. The molecule has 0 saturated carbocycles. The van der Waals surface area contributed by atoms with Gasteiger partial charge in [0.25, 0.3) is 5.91 Å². The Morgan fingerprint density at radius 3 is 2.61 bits per heavy atom. The number of benzene rings is 2. The normalized spacial score (nSPS) is 13.8. The second kappa shape index (κ2) is 7.26. The molecule has 1 fully saturated rings. The molecule has 1 aliphatic rings. The van der Waals surface area contributed by atoms with Gasteiger partial charge in [0.1, 0.15) is 5.82 Å². The molecular weight excluding hydrogens is 359 g/mol. The van der Waals surface area contributed by atoms with Crippen LogP contribution in [0.2, 0.25) is 0 Å². The minimum atomic E-state index is -0.334. The molecule has 4 rings (SSSR count). The predicted octanol–water partition coefficient (Wildman–Crippen LogP) is 3.70. The SMILES string of the molecule is Cc1c(C(=O)Nc2ccccc2N2CCCC2=O)cnn1-c1ccc(F)cc1. The standard InChI is InChI=1S/C21H19FN4O2/c1-14-17(13-23-26(14)16-10-8-15(22)9-11-16)21(28)24-18-5-2-3-6-19(18)25-12-4-7-20(25)27/h2-3,5-6,8-11,13H,4,7,12H2,1H3,(H,24,28). The summed E-state index contributed by atoms with van der Waals surface area (Å²) in [5.74, 6) is -0.591. The average molecular weight is 378 g/mol. The van der Waals surface area contributed by atoms with Crippen LogP contribution in [0, 0.1) is 12.7 Å². The highest BCUT2D eigenvalue weighted by Crippen LogP contribution is 2.30. The Labute approximate surface area is 161 Å². The number of halogens is 1. The summed E-state index contributed by atoms with van der Waals surface area (Å²) >= 11 is 0. The van der Waals surface area contributed by atoms with Gasteiger partial charge in [-0.3, -0.25) is 9.59 Å². The summed E-state index contributed by atoms with van der Waals surface area (Å²) < 4.78 is 14.7. The third-order valence-corrected chi connectivity index (χ3v) is 4.84. The van der Waals surface area contributed by atoms with Crippen molar-refractivity contribution in [2.24, 2.45) is 0 Å². The number of hydrogen-bond donors (Lipinski definition) is 1. The van der Waals surface area contributed by atoms with E-state index >= 15 is 0 Å². The molecule has 0 aliphatic carbocycles. The van der Waals surface area contributed by atoms with Gasteiger partial charge in [0.05, 0.1) is 34.5 Å². The van der Waals surface area contributed by atoms with Gasteiger partial charge in [-0.1, -0.05) is 12.1 Å². The molecule has 0 unspecified atom stereocenters. The zero-order chi connectivity index (χ0) is 19.7. The van der Waals surface area contributed by atoms with Gasteiger partial charge in [0.2, 0.25) is 5.91 Å². The van der Waals surface area contributed by atoms with E-state index in [1.54, 1.807) is 34.7 Å². The Morgan fingerprint density at radius 2 is 1.89 bits per heavy atom. The van der Waals surface area contributed by atoms with Gasteiger partial charge in [-0.15, -0.1) is 0 Å². The smallest absolute Gasteiger partial charge is 0.259 e. The molecule has 0 spiro atoms. The Balaban J connectivity index is 1.60. The largest absolute Gasteiger partial charge is 0.320 e. The molecule has 7 heteroatoms. The Morgan fingerprint density at radius 1 is 1.14 bits per heavy atom. The molecule has 0 radical (unpaired) electrons. The van der Waals surface area contributed by atoms with E-state index < -0.39 is 0 Å². The first-order chi connectivity index (χ1) is 13.5. The lowest BCUT2D eigenvalue weighted by Crippen LogP contribution is -2.25. The first-order valence-corrected chi connectivity index (χ1v) is 9.06. The van der Waals surface area contributed by atoms with Crippen LogP contribution in [0.4, 0.5) is 15.8 Å². The first-order valence-electron chi connectivity index (χ1n) is 9.06. The molecule has 2 amide bonds. The van der Waals surface area contributed by atoms with Crippen LogP contribution in [0.25, 0.3) is 5.69 Å². The number of rotatable bonds is 4. The number of amides is 2. The van der Waals surface area contributed by atoms with Crippen molar-refractivity contribution in [1.29, 1.82) is 0 Å². The fraction of sp³-hybridized carbons (Fsp3) is 0.190. The maximum Gasteiger partial charge on any atom is 0.259 e. The van der Waals surface area contributed by atoms with Gasteiger partial charge in [0, 0.05) is 13.0 Å². The van der Waals surface area contributed by atoms with Crippen molar-refractivity contribution >= 4 is 23.2 Å². The molecule has 1 aliphatic heterocycles. The highest BCUT2D eigenvalue weighted by molar-refractivity contribution is 6.08. The molecule has 2 heterocycles. The van der Waals surface area contributed by atoms with Crippen molar-refractivity contribution in [3.05, 3.63) is 71.8 Å². The predicted molar refractivity (Wildman–Crippen MR) is 104 cm³/mol. The summed E-state index contributed by atoms with van der Waals surface area (Å²) in [6.45, 7) is 2.43. The zero-order valence-electron chi connectivity index (χ0n) is 15.4. The summed E-state index contributed by atoms with van der Waals surface area (Å²) in [5, 5.41) is 7.15. The highest BCUT2D eigenvalue weighted by Gasteiger charge is 2.25. The number of para-hydroxylation sites is 2. The maximum absolute atomic E-state index is 13.2. The zero-order valence-corrected chi connectivity index (χ0v) is 15.4. The second-order valence-corrected chi connectivity index (χ2v) is 6.65. The van der Waals surface area contributed by atoms with E-state index in [0.29, 0.717) is 41.3 Å². The molecule has 1 saturated heterocycles. The van der Waals surface area contributed by atoms with Crippen molar-refractivity contribution < 1.29 is 14.0 Å². The molecule has 6 nitrogen and oxygen atoms in total. The van der Waals surface area contributed by atoms with E-state index in [2.05, 4.69) is 10.4 Å². The maximum atomic E-state index is 13.2. The minimum Gasteiger partial charge on any atom is -0.320 e. The molecule has 1 aromatic heterocycles. The quantitative estimate of drug-likeness (QED) is 0.753. The Hall–Kier alpha value is -3.48. The molecule has 0 atom stereocenters. The number of carbonyl (C=O) groups excluding carboxylic acids is 2. The van der Waals surface area contributed by atoms with Crippen molar-refractivity contribution in [3.63, 3.8) is 0 Å². The third kappa shape index (κ3) is 3.26. The topological polar surface area (TPSA) is 67.2 Å². The molecular formula is C21H19FN4O2. The fourth-order valence-electron chi connectivity index (χ4n) is 3.38. The minimum absolute atomic E-state index is 0.0574. The van der Waals surface area contributed by atoms with Gasteiger partial charge >= 0.3 is 0 Å². The van der Waals surface area contributed by atoms with Crippen molar-refractivity contribution in [3.8, 4) is 5.69 Å². The lowest BCUT2D eigenvalue weighted by atomic mass is 10.2. The van der Waals surface area contributed by atoms with Crippen LogP contribution in [-0.4, -0.2) is 28.1 Å². The van der Waals surface area contributed by atoms with E-state index in [-0.39, 0.29) is 17.6 Å². The summed E-state index contributed by atoms with van der Waals surface area (Å²) in [6.07, 6.45) is 2.81. The molecule has 142 valence electrons. The summed E-state index contributed by atoms with van der Waals surface area (Å²) in [7, 11) is 0. The lowest BCUT2D eigenvalue weighted by molar-refractivity contribution is -0.117. The summed E-state index contributed by atoms with van der Waals surface area (Å²) in [5.41, 5.74) is 2.99. The van der Waals surface area contributed by atoms with Crippen LogP contribution >= 0.6 is 0 Å². The summed E-state index contributed by atoms with van der Waals surface area (Å²) in [4.78, 5) is 26.6. The number of nitrogens with zero attached hydrogens (tertiary/aromatic N) is 3. The monoisotopic (exact) mass is 378 g/mol. The number of aromatic nitrogens is 2. The number of nitrogens with one attached hydrogen (secondary N) is 1. The molecule has 3 aromatic rings. The van der Waals surface area contributed by atoms with Gasteiger partial charge in [0.15, 0.2) is 0 Å². The molecule has 2 aromatic carbocycles. The van der Waals surface area contributed by atoms with E-state index in [1.807, 2.05) is 18.2 Å². The van der Waals surface area contributed by atoms with E-state index in [0.717, 1.165) is 6.42 Å². The van der Waals surface area contributed by atoms with Crippen LogP contribution in [0.15, 0.2) is 54.7 Å². The lowest BCUT2D eigenvalue weighted by Gasteiger charge is -2.19. The van der Waals surface area contributed by atoms with Crippen LogP contribution in [0.3, 0.4) is 0 Å². The van der Waals surface area contributed by atoms with E-state index in [4.69, 9.17) is 0 Å². The van der Waals surface area contributed by atoms with Gasteiger partial charge < -0.3 is 10.2 Å². The summed E-state index contributed by atoms with van der Waals surface area (Å²) in [6, 6.07) is 13.2. The molecule has 1 N–H and O–H groups in total. The van der Waals surface area contributed by atoms with Gasteiger partial charge in [-0.05, 0) is 49.7 Å². The van der Waals surface area contributed by atoms with Gasteiger partial charge in [-0.2, -0.15) is 5.10 Å². The van der Waals surface area contributed by atoms with Crippen LogP contribution in [-0.2, 0) is 4.79 Å². The van der Waals surface area contributed by atoms with Crippen LogP contribution in [0.5, 0.6) is 0 Å². The first kappa shape index (κ1) is 17.9. The van der Waals surface area contributed by atoms with Crippen molar-refractivity contribution in [1.82, 2.24) is 9.78 Å². The van der Waals surface area contributed by atoms with Crippen LogP contribution in [0.1, 0.15) is 28.9 Å². The fourth-order valence-corrected chi connectivity index (χ4v) is 3.38. The van der Waals surface area contributed by atoms with Crippen LogP contribution < -0.4 is 10.2 Å². The third-order valence-electron chi connectivity index (χ3n) is 4.84. The van der Waals surface area contributed by atoms with E-state index in [1.165, 1.54) is 18.3 Å². The molecule has 0 bridgehead atoms. The van der Waals surface area contributed by atoms with Gasteiger partial charge in [-0.25, -0.2) is 9.07 Å².